The van der Waals surface area contributed by atoms with Crippen LogP contribution in [0.15, 0.2) is 24.3 Å². The summed E-state index contributed by atoms with van der Waals surface area (Å²) in [6.45, 7) is 4.46. The highest BCUT2D eigenvalue weighted by molar-refractivity contribution is 7.99. The zero-order valence-corrected chi connectivity index (χ0v) is 12.1. The molecule has 0 saturated carbocycles. The van der Waals surface area contributed by atoms with Crippen LogP contribution < -0.4 is 15.4 Å². The van der Waals surface area contributed by atoms with Crippen molar-refractivity contribution in [3.63, 3.8) is 0 Å². The lowest BCUT2D eigenvalue weighted by molar-refractivity contribution is -0.123. The molecule has 1 aromatic carbocycles. The number of ether oxygens (including phenoxy) is 1. The van der Waals surface area contributed by atoms with Crippen LogP contribution in [0.25, 0.3) is 0 Å². The van der Waals surface area contributed by atoms with Crippen LogP contribution in [0.2, 0.25) is 0 Å². The number of hydrogen-bond acceptors (Lipinski definition) is 4. The summed E-state index contributed by atoms with van der Waals surface area (Å²) in [6.07, 6.45) is 0. The second kappa shape index (κ2) is 6.82. The van der Waals surface area contributed by atoms with Gasteiger partial charge in [-0.1, -0.05) is 12.1 Å². The van der Waals surface area contributed by atoms with E-state index in [4.69, 9.17) is 4.74 Å². The number of aryl methyl sites for hydroxylation is 1. The molecule has 19 heavy (non-hydrogen) atoms. The smallest absolute Gasteiger partial charge is 0.238 e. The average molecular weight is 280 g/mol. The molecule has 5 heteroatoms. The van der Waals surface area contributed by atoms with Gasteiger partial charge in [0.05, 0.1) is 12.1 Å². The lowest BCUT2D eigenvalue weighted by atomic mass is 10.2. The van der Waals surface area contributed by atoms with E-state index in [0.717, 1.165) is 17.4 Å². The zero-order chi connectivity index (χ0) is 13.7. The zero-order valence-electron chi connectivity index (χ0n) is 11.3. The second-order valence-electron chi connectivity index (χ2n) is 4.81. The Balaban J connectivity index is 1.75. The molecule has 4 nitrogen and oxygen atoms in total. The number of carbonyl (C=O) groups is 1. The van der Waals surface area contributed by atoms with E-state index in [1.54, 1.807) is 11.8 Å². The summed E-state index contributed by atoms with van der Waals surface area (Å²) in [4.78, 5) is 11.9. The van der Waals surface area contributed by atoms with Crippen LogP contribution in [0.3, 0.4) is 0 Å². The number of benzene rings is 1. The fraction of sp³-hybridized carbons (Fsp3) is 0.500. The van der Waals surface area contributed by atoms with Crippen molar-refractivity contribution in [3.05, 3.63) is 29.8 Å². The molecule has 2 unspecified atom stereocenters. The predicted octanol–water partition coefficient (Wildman–Crippen LogP) is 1.54. The number of hydrogen-bond donors (Lipinski definition) is 2. The molecule has 2 atom stereocenters. The first-order valence-corrected chi connectivity index (χ1v) is 7.61. The quantitative estimate of drug-likeness (QED) is 0.859. The first-order valence-electron chi connectivity index (χ1n) is 6.46. The molecule has 1 amide bonds. The van der Waals surface area contributed by atoms with E-state index >= 15 is 0 Å². The molecule has 1 aromatic rings. The number of rotatable bonds is 5. The van der Waals surface area contributed by atoms with E-state index < -0.39 is 0 Å². The minimum Gasteiger partial charge on any atom is -0.491 e. The molecule has 0 aliphatic carbocycles. The molecule has 104 valence electrons. The number of carbonyl (C=O) groups excluding carboxylic acids is 1. The fourth-order valence-electron chi connectivity index (χ4n) is 1.88. The van der Waals surface area contributed by atoms with Gasteiger partial charge in [-0.3, -0.25) is 10.1 Å². The maximum Gasteiger partial charge on any atom is 0.238 e. The SMILES string of the molecule is Cc1cccc(OCC(C)NC(=O)C2CSCN2)c1. The summed E-state index contributed by atoms with van der Waals surface area (Å²) in [5.74, 6) is 2.60. The van der Waals surface area contributed by atoms with Gasteiger partial charge in [0.2, 0.25) is 5.91 Å². The van der Waals surface area contributed by atoms with Crippen LogP contribution in [0.1, 0.15) is 12.5 Å². The highest BCUT2D eigenvalue weighted by Crippen LogP contribution is 2.13. The molecule has 0 radical (unpaired) electrons. The fourth-order valence-corrected chi connectivity index (χ4v) is 2.82. The first kappa shape index (κ1) is 14.2. The van der Waals surface area contributed by atoms with Crippen LogP contribution in [0.5, 0.6) is 5.75 Å². The topological polar surface area (TPSA) is 50.4 Å². The minimum atomic E-state index is -0.0635. The molecular formula is C14H20N2O2S. The van der Waals surface area contributed by atoms with Gasteiger partial charge in [0.25, 0.3) is 0 Å². The van der Waals surface area contributed by atoms with Crippen LogP contribution in [-0.4, -0.2) is 36.2 Å². The molecule has 0 spiro atoms. The lowest BCUT2D eigenvalue weighted by Crippen LogP contribution is -2.47. The Labute approximate surface area is 118 Å². The van der Waals surface area contributed by atoms with E-state index in [0.29, 0.717) is 6.61 Å². The molecule has 1 fully saturated rings. The van der Waals surface area contributed by atoms with E-state index in [1.807, 2.05) is 38.1 Å². The first-order chi connectivity index (χ1) is 9.15. The average Bonchev–Trinajstić information content (AvgIpc) is 2.90. The van der Waals surface area contributed by atoms with Crippen LogP contribution in [0.4, 0.5) is 0 Å². The van der Waals surface area contributed by atoms with Crippen molar-refractivity contribution in [3.8, 4) is 5.75 Å². The van der Waals surface area contributed by atoms with Crippen molar-refractivity contribution < 1.29 is 9.53 Å². The Morgan fingerprint density at radius 1 is 1.63 bits per heavy atom. The van der Waals surface area contributed by atoms with Gasteiger partial charge in [-0.05, 0) is 31.5 Å². The Morgan fingerprint density at radius 2 is 2.47 bits per heavy atom. The van der Waals surface area contributed by atoms with E-state index in [-0.39, 0.29) is 18.0 Å². The number of nitrogens with one attached hydrogen (secondary N) is 2. The van der Waals surface area contributed by atoms with Crippen LogP contribution >= 0.6 is 11.8 Å². The predicted molar refractivity (Wildman–Crippen MR) is 78.5 cm³/mol. The number of thioether (sulfide) groups is 1. The molecule has 0 aromatic heterocycles. The van der Waals surface area contributed by atoms with Crippen molar-refractivity contribution >= 4 is 17.7 Å². The van der Waals surface area contributed by atoms with Crippen LogP contribution in [0, 0.1) is 6.92 Å². The highest BCUT2D eigenvalue weighted by atomic mass is 32.2. The Morgan fingerprint density at radius 3 is 3.16 bits per heavy atom. The highest BCUT2D eigenvalue weighted by Gasteiger charge is 2.23. The molecule has 2 N–H and O–H groups in total. The third-order valence-corrected chi connectivity index (χ3v) is 3.85. The molecule has 2 rings (SSSR count). The van der Waals surface area contributed by atoms with Gasteiger partial charge in [0.15, 0.2) is 0 Å². The lowest BCUT2D eigenvalue weighted by Gasteiger charge is -2.17. The van der Waals surface area contributed by atoms with E-state index in [2.05, 4.69) is 10.6 Å². The molecule has 1 heterocycles. The van der Waals surface area contributed by atoms with Gasteiger partial charge < -0.3 is 10.1 Å². The maximum atomic E-state index is 11.9. The molecule has 1 saturated heterocycles. The molecular weight excluding hydrogens is 260 g/mol. The van der Waals surface area contributed by atoms with Gasteiger partial charge in [-0.25, -0.2) is 0 Å². The summed E-state index contributed by atoms with van der Waals surface area (Å²) in [5, 5.41) is 6.12. The van der Waals surface area contributed by atoms with Gasteiger partial charge in [-0.2, -0.15) is 0 Å². The summed E-state index contributed by atoms with van der Waals surface area (Å²) in [5.41, 5.74) is 1.17. The van der Waals surface area contributed by atoms with E-state index in [1.165, 1.54) is 5.56 Å². The monoisotopic (exact) mass is 280 g/mol. The van der Waals surface area contributed by atoms with Gasteiger partial charge in [-0.15, -0.1) is 11.8 Å². The third-order valence-electron chi connectivity index (χ3n) is 2.91. The van der Waals surface area contributed by atoms with Gasteiger partial charge in [0.1, 0.15) is 12.4 Å². The van der Waals surface area contributed by atoms with Gasteiger partial charge in [0, 0.05) is 11.6 Å². The Hall–Kier alpha value is -1.20. The van der Waals surface area contributed by atoms with Crippen molar-refractivity contribution in [2.75, 3.05) is 18.2 Å². The molecule has 1 aliphatic rings. The standard InChI is InChI=1S/C14H20N2O2S/c1-10-4-3-5-12(6-10)18-7-11(2)16-14(17)13-8-19-9-15-13/h3-6,11,13,15H,7-9H2,1-2H3,(H,16,17). The summed E-state index contributed by atoms with van der Waals surface area (Å²) >= 11 is 1.75. The minimum absolute atomic E-state index is 0.000382. The second-order valence-corrected chi connectivity index (χ2v) is 5.84. The van der Waals surface area contributed by atoms with Crippen molar-refractivity contribution in [2.45, 2.75) is 25.9 Å². The Bertz CT molecular complexity index is 433. The third kappa shape index (κ3) is 4.44. The van der Waals surface area contributed by atoms with Gasteiger partial charge >= 0.3 is 0 Å². The van der Waals surface area contributed by atoms with Crippen LogP contribution in [-0.2, 0) is 4.79 Å². The largest absolute Gasteiger partial charge is 0.491 e. The number of amides is 1. The van der Waals surface area contributed by atoms with Crippen molar-refractivity contribution in [1.82, 2.24) is 10.6 Å². The summed E-state index contributed by atoms with van der Waals surface area (Å²) < 4.78 is 5.67. The van der Waals surface area contributed by atoms with Crippen molar-refractivity contribution in [2.24, 2.45) is 0 Å². The maximum absolute atomic E-state index is 11.9. The molecule has 0 bridgehead atoms. The normalized spacial score (nSPS) is 20.0. The van der Waals surface area contributed by atoms with E-state index in [9.17, 15) is 4.79 Å². The molecule has 1 aliphatic heterocycles. The Kier molecular flexibility index (Phi) is 5.10. The summed E-state index contributed by atoms with van der Waals surface area (Å²) in [6, 6.07) is 7.85. The summed E-state index contributed by atoms with van der Waals surface area (Å²) in [7, 11) is 0. The van der Waals surface area contributed by atoms with Crippen molar-refractivity contribution in [1.29, 1.82) is 0 Å².